The van der Waals surface area contributed by atoms with Gasteiger partial charge < -0.3 is 10.2 Å². The van der Waals surface area contributed by atoms with Crippen molar-refractivity contribution in [1.29, 1.82) is 0 Å². The molecule has 4 heteroatoms. The highest BCUT2D eigenvalue weighted by atomic mass is 16.2. The lowest BCUT2D eigenvalue weighted by molar-refractivity contribution is -0.134. The molecule has 2 amide bonds. The number of rotatable bonds is 3. The number of nitrogens with one attached hydrogen (secondary N) is 1. The van der Waals surface area contributed by atoms with Gasteiger partial charge in [-0.1, -0.05) is 30.3 Å². The van der Waals surface area contributed by atoms with Crippen molar-refractivity contribution in [2.24, 2.45) is 0 Å². The minimum absolute atomic E-state index is 0.434. The first-order chi connectivity index (χ1) is 10.5. The first-order valence-electron chi connectivity index (χ1n) is 7.28. The van der Waals surface area contributed by atoms with Gasteiger partial charge in [0.25, 0.3) is 0 Å². The van der Waals surface area contributed by atoms with E-state index in [1.807, 2.05) is 69.3 Å². The van der Waals surface area contributed by atoms with Crippen LogP contribution in [-0.2, 0) is 9.59 Å². The highest BCUT2D eigenvalue weighted by Gasteiger charge is 2.22. The molecule has 2 aromatic rings. The van der Waals surface area contributed by atoms with E-state index in [9.17, 15) is 9.59 Å². The third-order valence-corrected chi connectivity index (χ3v) is 3.46. The van der Waals surface area contributed by atoms with Crippen LogP contribution in [0.2, 0.25) is 0 Å². The number of carbonyl (C=O) groups is 2. The Kier molecular flexibility index (Phi) is 4.94. The van der Waals surface area contributed by atoms with Crippen LogP contribution in [0.1, 0.15) is 18.1 Å². The van der Waals surface area contributed by atoms with E-state index < -0.39 is 11.8 Å². The van der Waals surface area contributed by atoms with Gasteiger partial charge in [0.2, 0.25) is 0 Å². The molecule has 0 atom stereocenters. The molecule has 0 bridgehead atoms. The number of likely N-dealkylation sites (N-methyl/N-ethyl adjacent to an activating group) is 1. The van der Waals surface area contributed by atoms with Crippen LogP contribution in [0, 0.1) is 13.8 Å². The van der Waals surface area contributed by atoms with Gasteiger partial charge in [0.15, 0.2) is 0 Å². The fourth-order valence-electron chi connectivity index (χ4n) is 2.22. The van der Waals surface area contributed by atoms with Gasteiger partial charge in [-0.05, 0) is 50.1 Å². The van der Waals surface area contributed by atoms with E-state index in [1.165, 1.54) is 4.90 Å². The minimum atomic E-state index is -0.626. The smallest absolute Gasteiger partial charge is 0.316 e. The van der Waals surface area contributed by atoms with E-state index in [1.54, 1.807) is 0 Å². The number of aryl methyl sites for hydroxylation is 2. The summed E-state index contributed by atoms with van der Waals surface area (Å²) in [7, 11) is 0. The van der Waals surface area contributed by atoms with Crippen molar-refractivity contribution in [3.8, 4) is 0 Å². The van der Waals surface area contributed by atoms with Crippen LogP contribution < -0.4 is 10.2 Å². The maximum absolute atomic E-state index is 12.4. The van der Waals surface area contributed by atoms with Crippen molar-refractivity contribution >= 4 is 23.2 Å². The maximum atomic E-state index is 12.4. The summed E-state index contributed by atoms with van der Waals surface area (Å²) in [4.78, 5) is 26.1. The van der Waals surface area contributed by atoms with Crippen molar-refractivity contribution in [3.05, 3.63) is 59.7 Å². The Bertz CT molecular complexity index is 681. The molecule has 0 heterocycles. The fourth-order valence-corrected chi connectivity index (χ4v) is 2.22. The summed E-state index contributed by atoms with van der Waals surface area (Å²) >= 11 is 0. The molecule has 0 aliphatic carbocycles. The molecule has 0 aliphatic rings. The van der Waals surface area contributed by atoms with Crippen LogP contribution >= 0.6 is 0 Å². The lowest BCUT2D eigenvalue weighted by atomic mass is 10.1. The van der Waals surface area contributed by atoms with E-state index in [0.29, 0.717) is 17.9 Å². The zero-order valence-corrected chi connectivity index (χ0v) is 13.1. The standard InChI is InChI=1S/C18H20N2O2/c1-4-20(15-8-6-5-7-9-15)18(22)17(21)19-16-12-13(2)10-11-14(16)3/h5-12H,4H2,1-3H3,(H,19,21). The number of anilines is 2. The summed E-state index contributed by atoms with van der Waals surface area (Å²) in [6.07, 6.45) is 0. The zero-order valence-electron chi connectivity index (χ0n) is 13.1. The van der Waals surface area contributed by atoms with Crippen molar-refractivity contribution in [3.63, 3.8) is 0 Å². The topological polar surface area (TPSA) is 49.4 Å². The van der Waals surface area contributed by atoms with E-state index in [4.69, 9.17) is 0 Å². The molecule has 0 saturated carbocycles. The number of hydrogen-bond acceptors (Lipinski definition) is 2. The van der Waals surface area contributed by atoms with Gasteiger partial charge in [-0.25, -0.2) is 0 Å². The first kappa shape index (κ1) is 15.8. The van der Waals surface area contributed by atoms with Crippen LogP contribution in [0.25, 0.3) is 0 Å². The van der Waals surface area contributed by atoms with Gasteiger partial charge >= 0.3 is 11.8 Å². The van der Waals surface area contributed by atoms with Gasteiger partial charge in [-0.15, -0.1) is 0 Å². The number of nitrogens with zero attached hydrogens (tertiary/aromatic N) is 1. The number of hydrogen-bond donors (Lipinski definition) is 1. The molecule has 0 fully saturated rings. The third kappa shape index (κ3) is 3.52. The van der Waals surface area contributed by atoms with Crippen molar-refractivity contribution in [2.75, 3.05) is 16.8 Å². The van der Waals surface area contributed by atoms with E-state index in [-0.39, 0.29) is 0 Å². The Hall–Kier alpha value is -2.62. The van der Waals surface area contributed by atoms with Crippen LogP contribution in [0.5, 0.6) is 0 Å². The average molecular weight is 296 g/mol. The molecule has 2 rings (SSSR count). The van der Waals surface area contributed by atoms with Crippen LogP contribution in [0.4, 0.5) is 11.4 Å². The molecule has 0 aliphatic heterocycles. The average Bonchev–Trinajstić information content (AvgIpc) is 2.52. The predicted octanol–water partition coefficient (Wildman–Crippen LogP) is 3.30. The molecular weight excluding hydrogens is 276 g/mol. The summed E-state index contributed by atoms with van der Waals surface area (Å²) in [5.74, 6) is -1.19. The number of para-hydroxylation sites is 1. The molecule has 0 radical (unpaired) electrons. The Morgan fingerprint density at radius 2 is 1.73 bits per heavy atom. The predicted molar refractivity (Wildman–Crippen MR) is 89.0 cm³/mol. The Morgan fingerprint density at radius 3 is 2.36 bits per heavy atom. The number of carbonyl (C=O) groups excluding carboxylic acids is 2. The quantitative estimate of drug-likeness (QED) is 0.884. The van der Waals surface area contributed by atoms with Gasteiger partial charge in [0.1, 0.15) is 0 Å². The van der Waals surface area contributed by atoms with E-state index in [2.05, 4.69) is 5.32 Å². The summed E-state index contributed by atoms with van der Waals surface area (Å²) in [6, 6.07) is 14.9. The fraction of sp³-hybridized carbons (Fsp3) is 0.222. The van der Waals surface area contributed by atoms with Crippen LogP contribution in [0.3, 0.4) is 0 Å². The number of amides is 2. The van der Waals surface area contributed by atoms with Gasteiger partial charge in [-0.3, -0.25) is 9.59 Å². The second-order valence-electron chi connectivity index (χ2n) is 5.16. The van der Waals surface area contributed by atoms with Crippen LogP contribution in [0.15, 0.2) is 48.5 Å². The summed E-state index contributed by atoms with van der Waals surface area (Å²) in [5.41, 5.74) is 3.34. The highest BCUT2D eigenvalue weighted by molar-refractivity contribution is 6.44. The second kappa shape index (κ2) is 6.89. The lowest BCUT2D eigenvalue weighted by Gasteiger charge is -2.20. The molecule has 114 valence electrons. The first-order valence-corrected chi connectivity index (χ1v) is 7.28. The normalized spacial score (nSPS) is 10.1. The third-order valence-electron chi connectivity index (χ3n) is 3.46. The zero-order chi connectivity index (χ0) is 16.1. The molecule has 22 heavy (non-hydrogen) atoms. The molecule has 4 nitrogen and oxygen atoms in total. The van der Waals surface area contributed by atoms with E-state index in [0.717, 1.165) is 11.1 Å². The minimum Gasteiger partial charge on any atom is -0.318 e. The Balaban J connectivity index is 2.18. The van der Waals surface area contributed by atoms with Crippen LogP contribution in [-0.4, -0.2) is 18.4 Å². The SMILES string of the molecule is CCN(C(=O)C(=O)Nc1cc(C)ccc1C)c1ccccc1. The molecule has 0 unspecified atom stereocenters. The van der Waals surface area contributed by atoms with E-state index >= 15 is 0 Å². The summed E-state index contributed by atoms with van der Waals surface area (Å²) < 4.78 is 0. The van der Waals surface area contributed by atoms with Gasteiger partial charge in [0.05, 0.1) is 0 Å². The van der Waals surface area contributed by atoms with Crippen molar-refractivity contribution in [2.45, 2.75) is 20.8 Å². The number of benzene rings is 2. The van der Waals surface area contributed by atoms with Crippen molar-refractivity contribution < 1.29 is 9.59 Å². The molecule has 0 spiro atoms. The molecule has 2 aromatic carbocycles. The highest BCUT2D eigenvalue weighted by Crippen LogP contribution is 2.18. The van der Waals surface area contributed by atoms with Gasteiger partial charge in [0, 0.05) is 17.9 Å². The largest absolute Gasteiger partial charge is 0.318 e. The molecule has 0 aromatic heterocycles. The molecular formula is C18H20N2O2. The van der Waals surface area contributed by atoms with Crippen molar-refractivity contribution in [1.82, 2.24) is 0 Å². The molecule has 1 N–H and O–H groups in total. The molecule has 0 saturated heterocycles. The van der Waals surface area contributed by atoms with Gasteiger partial charge in [-0.2, -0.15) is 0 Å². The maximum Gasteiger partial charge on any atom is 0.316 e. The lowest BCUT2D eigenvalue weighted by Crippen LogP contribution is -2.39. The summed E-state index contributed by atoms with van der Waals surface area (Å²) in [6.45, 7) is 6.12. The monoisotopic (exact) mass is 296 g/mol. The Morgan fingerprint density at radius 1 is 1.05 bits per heavy atom. The summed E-state index contributed by atoms with van der Waals surface area (Å²) in [5, 5.41) is 2.71. The second-order valence-corrected chi connectivity index (χ2v) is 5.16. The Labute approximate surface area is 130 Å².